The molecule has 2 aromatic rings. The average Bonchev–Trinajstić information content (AvgIpc) is 2.59. The van der Waals surface area contributed by atoms with E-state index in [2.05, 4.69) is 0 Å². The smallest absolute Gasteiger partial charge is 0.416 e. The number of alkyl halides is 3. The van der Waals surface area contributed by atoms with Crippen molar-refractivity contribution in [2.45, 2.75) is 6.18 Å². The number of nitrogens with zero attached hydrogens (tertiary/aromatic N) is 1. The van der Waals surface area contributed by atoms with Crippen LogP contribution in [0.4, 0.5) is 18.9 Å². The number of hydrogen-bond donors (Lipinski definition) is 0. The highest BCUT2D eigenvalue weighted by Crippen LogP contribution is 2.32. The van der Waals surface area contributed by atoms with Crippen LogP contribution in [0.1, 0.15) is 5.56 Å². The summed E-state index contributed by atoms with van der Waals surface area (Å²) in [5.41, 5.74) is -1.44. The van der Waals surface area contributed by atoms with Gasteiger partial charge >= 0.3 is 17.8 Å². The van der Waals surface area contributed by atoms with Crippen LogP contribution in [0.15, 0.2) is 42.5 Å². The molecule has 0 aliphatic rings. The normalized spacial score (nSPS) is 10.9. The topological polar surface area (TPSA) is 87.9 Å². The van der Waals surface area contributed by atoms with Crippen LogP contribution in [0.5, 0.6) is 17.2 Å². The third-order valence-corrected chi connectivity index (χ3v) is 3.10. The van der Waals surface area contributed by atoms with Crippen molar-refractivity contribution < 1.29 is 37.1 Å². The number of ether oxygens (including phenoxy) is 3. The van der Waals surface area contributed by atoms with Crippen molar-refractivity contribution in [3.63, 3.8) is 0 Å². The zero-order valence-electron chi connectivity index (χ0n) is 13.3. The fourth-order valence-electron chi connectivity index (χ4n) is 1.91. The zero-order valence-corrected chi connectivity index (χ0v) is 13.3. The number of carbonyl (C=O) groups excluding carboxylic acids is 1. The Morgan fingerprint density at radius 1 is 1.15 bits per heavy atom. The predicted molar refractivity (Wildman–Crippen MR) is 82.2 cm³/mol. The third kappa shape index (κ3) is 4.85. The van der Waals surface area contributed by atoms with E-state index in [0.29, 0.717) is 0 Å². The fourth-order valence-corrected chi connectivity index (χ4v) is 1.91. The number of rotatable bonds is 6. The zero-order chi connectivity index (χ0) is 19.3. The molecule has 0 atom stereocenters. The molecule has 7 nitrogen and oxygen atoms in total. The Kier molecular flexibility index (Phi) is 5.65. The number of esters is 1. The minimum Gasteiger partial charge on any atom is -0.496 e. The number of nitro groups is 1. The van der Waals surface area contributed by atoms with Crippen molar-refractivity contribution in [2.75, 3.05) is 13.7 Å². The molecule has 2 aromatic carbocycles. The molecule has 0 bridgehead atoms. The lowest BCUT2D eigenvalue weighted by atomic mass is 10.2. The maximum Gasteiger partial charge on any atom is 0.416 e. The molecule has 138 valence electrons. The standard InChI is InChI=1S/C16H12F3NO6/c1-24-11-5-6-14(13(8-11)20(22)23)26-15(21)9-25-12-4-2-3-10(7-12)16(17,18)19/h2-8H,9H2,1H3. The number of benzene rings is 2. The molecule has 26 heavy (non-hydrogen) atoms. The van der Waals surface area contributed by atoms with E-state index in [1.54, 1.807) is 0 Å². The average molecular weight is 371 g/mol. The van der Waals surface area contributed by atoms with Crippen LogP contribution in [0.25, 0.3) is 0 Å². The van der Waals surface area contributed by atoms with Crippen molar-refractivity contribution in [3.05, 3.63) is 58.1 Å². The summed E-state index contributed by atoms with van der Waals surface area (Å²) < 4.78 is 52.5. The van der Waals surface area contributed by atoms with Gasteiger partial charge in [0.25, 0.3) is 0 Å². The number of carbonyl (C=O) groups is 1. The Labute approximate surface area is 145 Å². The maximum absolute atomic E-state index is 12.6. The van der Waals surface area contributed by atoms with E-state index in [1.165, 1.54) is 25.3 Å². The molecule has 0 spiro atoms. The van der Waals surface area contributed by atoms with Gasteiger partial charge in [0, 0.05) is 0 Å². The molecule has 2 rings (SSSR count). The second-order valence-electron chi connectivity index (χ2n) is 4.88. The summed E-state index contributed by atoms with van der Waals surface area (Å²) in [5, 5.41) is 11.0. The van der Waals surface area contributed by atoms with E-state index in [1.807, 2.05) is 0 Å². The van der Waals surface area contributed by atoms with Crippen molar-refractivity contribution >= 4 is 11.7 Å². The minimum atomic E-state index is -4.55. The van der Waals surface area contributed by atoms with Gasteiger partial charge in [-0.2, -0.15) is 13.2 Å². The Hall–Kier alpha value is -3.30. The highest BCUT2D eigenvalue weighted by atomic mass is 19.4. The van der Waals surface area contributed by atoms with Gasteiger partial charge < -0.3 is 14.2 Å². The van der Waals surface area contributed by atoms with Gasteiger partial charge in [0.2, 0.25) is 5.75 Å². The minimum absolute atomic E-state index is 0.191. The van der Waals surface area contributed by atoms with Gasteiger partial charge in [-0.3, -0.25) is 10.1 Å². The second-order valence-corrected chi connectivity index (χ2v) is 4.88. The maximum atomic E-state index is 12.6. The lowest BCUT2D eigenvalue weighted by Gasteiger charge is -2.10. The van der Waals surface area contributed by atoms with Crippen LogP contribution in [-0.4, -0.2) is 24.6 Å². The molecule has 0 aliphatic heterocycles. The molecule has 0 radical (unpaired) electrons. The first kappa shape index (κ1) is 19.0. The molecule has 0 unspecified atom stereocenters. The quantitative estimate of drug-likeness (QED) is 0.334. The van der Waals surface area contributed by atoms with E-state index in [-0.39, 0.29) is 17.2 Å². The second kappa shape index (κ2) is 7.72. The Balaban J connectivity index is 2.05. The monoisotopic (exact) mass is 371 g/mol. The number of halogens is 3. The molecular weight excluding hydrogens is 359 g/mol. The van der Waals surface area contributed by atoms with Gasteiger partial charge in [0.15, 0.2) is 6.61 Å². The van der Waals surface area contributed by atoms with Gasteiger partial charge in [-0.1, -0.05) is 6.07 Å². The largest absolute Gasteiger partial charge is 0.496 e. The van der Waals surface area contributed by atoms with Crippen LogP contribution in [0.2, 0.25) is 0 Å². The third-order valence-electron chi connectivity index (χ3n) is 3.10. The van der Waals surface area contributed by atoms with Crippen molar-refractivity contribution in [3.8, 4) is 17.2 Å². The molecular formula is C16H12F3NO6. The van der Waals surface area contributed by atoms with E-state index in [9.17, 15) is 28.1 Å². The molecule has 0 aromatic heterocycles. The van der Waals surface area contributed by atoms with Crippen LogP contribution in [0, 0.1) is 10.1 Å². The van der Waals surface area contributed by atoms with Gasteiger partial charge in [-0.05, 0) is 30.3 Å². The molecule has 0 fully saturated rings. The Bertz CT molecular complexity index is 822. The van der Waals surface area contributed by atoms with Crippen LogP contribution in [-0.2, 0) is 11.0 Å². The number of methoxy groups -OCH3 is 1. The predicted octanol–water partition coefficient (Wildman–Crippen LogP) is 3.61. The van der Waals surface area contributed by atoms with Crippen molar-refractivity contribution in [1.29, 1.82) is 0 Å². The summed E-state index contributed by atoms with van der Waals surface area (Å²) in [6.07, 6.45) is -4.55. The van der Waals surface area contributed by atoms with Crippen molar-refractivity contribution in [2.24, 2.45) is 0 Å². The Morgan fingerprint density at radius 2 is 1.88 bits per heavy atom. The molecule has 0 amide bonds. The first-order valence-electron chi connectivity index (χ1n) is 7.04. The van der Waals surface area contributed by atoms with Crippen molar-refractivity contribution in [1.82, 2.24) is 0 Å². The van der Waals surface area contributed by atoms with E-state index in [4.69, 9.17) is 14.2 Å². The lowest BCUT2D eigenvalue weighted by Crippen LogP contribution is -2.18. The molecule has 0 N–H and O–H groups in total. The summed E-state index contributed by atoms with van der Waals surface area (Å²) >= 11 is 0. The number of hydrogen-bond acceptors (Lipinski definition) is 6. The van der Waals surface area contributed by atoms with E-state index in [0.717, 1.165) is 24.3 Å². The first-order chi connectivity index (χ1) is 12.2. The van der Waals surface area contributed by atoms with E-state index >= 15 is 0 Å². The van der Waals surface area contributed by atoms with Gasteiger partial charge in [0.05, 0.1) is 23.7 Å². The molecule has 0 saturated heterocycles. The number of nitro benzene ring substituents is 1. The lowest BCUT2D eigenvalue weighted by molar-refractivity contribution is -0.385. The van der Waals surface area contributed by atoms with Crippen LogP contribution >= 0.6 is 0 Å². The highest BCUT2D eigenvalue weighted by molar-refractivity contribution is 5.75. The van der Waals surface area contributed by atoms with Gasteiger partial charge in [-0.15, -0.1) is 0 Å². The first-order valence-corrected chi connectivity index (χ1v) is 7.04. The highest BCUT2D eigenvalue weighted by Gasteiger charge is 2.30. The molecule has 10 heteroatoms. The fraction of sp³-hybridized carbons (Fsp3) is 0.188. The van der Waals surface area contributed by atoms with Crippen LogP contribution < -0.4 is 14.2 Å². The summed E-state index contributed by atoms with van der Waals surface area (Å²) in [5.74, 6) is -1.36. The SMILES string of the molecule is COc1ccc(OC(=O)COc2cccc(C(F)(F)F)c2)c([N+](=O)[O-])c1. The molecule has 0 saturated carbocycles. The van der Waals surface area contributed by atoms with Gasteiger partial charge in [0.1, 0.15) is 11.5 Å². The molecule has 0 heterocycles. The summed E-state index contributed by atoms with van der Waals surface area (Å²) in [6.45, 7) is -0.732. The summed E-state index contributed by atoms with van der Waals surface area (Å²) in [6, 6.07) is 7.52. The molecule has 0 aliphatic carbocycles. The van der Waals surface area contributed by atoms with Crippen LogP contribution in [0.3, 0.4) is 0 Å². The summed E-state index contributed by atoms with van der Waals surface area (Å²) in [7, 11) is 1.31. The summed E-state index contributed by atoms with van der Waals surface area (Å²) in [4.78, 5) is 22.0. The van der Waals surface area contributed by atoms with Gasteiger partial charge in [-0.25, -0.2) is 4.79 Å². The van der Waals surface area contributed by atoms with E-state index < -0.39 is 34.9 Å². The Morgan fingerprint density at radius 3 is 2.50 bits per heavy atom.